The molecule has 6 amide bonds. The predicted octanol–water partition coefficient (Wildman–Crippen LogP) is 13.6. The number of carbonyl (C=O) groups is 11. The second-order valence-electron chi connectivity index (χ2n) is 34.1. The van der Waals surface area contributed by atoms with Crippen molar-refractivity contribution in [2.45, 2.75) is 204 Å². The molecule has 23 nitrogen and oxygen atoms in total. The lowest BCUT2D eigenvalue weighted by Crippen LogP contribution is -2.56. The Balaban J connectivity index is 0.937. The summed E-state index contributed by atoms with van der Waals surface area (Å²) in [4.78, 5) is 167. The third-order valence-corrected chi connectivity index (χ3v) is 24.7. The number of Topliss-reactive ketones (excluding diaryl/α,β-unsaturated/α-hetero) is 3. The smallest absolute Gasteiger partial charge is 0.412 e. The summed E-state index contributed by atoms with van der Waals surface area (Å²) in [7, 11) is 0. The maximum atomic E-state index is 16.7. The molecule has 0 saturated carbocycles. The van der Waals surface area contributed by atoms with Crippen LogP contribution in [0, 0.1) is 23.7 Å². The number of ketones is 3. The lowest BCUT2D eigenvalue weighted by atomic mass is 9.76. The number of hydrogen-bond acceptors (Lipinski definition) is 18. The van der Waals surface area contributed by atoms with Crippen LogP contribution in [0.4, 0.5) is 10.5 Å². The van der Waals surface area contributed by atoms with E-state index in [9.17, 15) is 33.9 Å². The van der Waals surface area contributed by atoms with Gasteiger partial charge in [-0.2, -0.15) is 0 Å². The molecule has 0 spiro atoms. The van der Waals surface area contributed by atoms with Gasteiger partial charge in [0, 0.05) is 87.3 Å². The molecule has 2 saturated heterocycles. The molecule has 11 rings (SSSR count). The topological polar surface area (TPSA) is 312 Å². The Morgan fingerprint density at radius 2 is 1.09 bits per heavy atom. The lowest BCUT2D eigenvalue weighted by molar-refractivity contribution is -0.157. The Kier molecular flexibility index (Phi) is 30.2. The number of thioether (sulfide) groups is 1. The van der Waals surface area contributed by atoms with Crippen LogP contribution in [0.2, 0.25) is 0 Å². The van der Waals surface area contributed by atoms with Crippen LogP contribution < -0.4 is 26.6 Å². The summed E-state index contributed by atoms with van der Waals surface area (Å²) >= 11 is 1.35. The van der Waals surface area contributed by atoms with Gasteiger partial charge in [0.05, 0.1) is 35.0 Å². The molecular formula is C98H113N7O16S. The van der Waals surface area contributed by atoms with E-state index < -0.39 is 190 Å². The van der Waals surface area contributed by atoms with E-state index in [1.54, 1.807) is 83.1 Å². The Labute approximate surface area is 718 Å². The number of amides is 6. The number of aliphatic hydroxyl groups is 1. The van der Waals surface area contributed by atoms with Gasteiger partial charge in [-0.25, -0.2) is 9.59 Å². The molecule has 8 aromatic rings. The first-order valence-corrected chi connectivity index (χ1v) is 42.9. The van der Waals surface area contributed by atoms with Gasteiger partial charge in [0.15, 0.2) is 11.6 Å². The van der Waals surface area contributed by atoms with Crippen molar-refractivity contribution in [1.29, 1.82) is 0 Å². The van der Waals surface area contributed by atoms with E-state index in [-0.39, 0.29) is 38.2 Å². The van der Waals surface area contributed by atoms with Gasteiger partial charge in [0.2, 0.25) is 29.5 Å². The minimum Gasteiger partial charge on any atom is -0.462 e. The molecule has 8 aromatic carbocycles. The van der Waals surface area contributed by atoms with Crippen LogP contribution >= 0.6 is 11.8 Å². The number of nitrogens with one attached hydrogen (secondary N) is 5. The number of esters is 2. The van der Waals surface area contributed by atoms with E-state index >= 15 is 24.0 Å². The number of carbonyl (C=O) groups excluding carboxylic acids is 11. The van der Waals surface area contributed by atoms with Crippen molar-refractivity contribution in [2.75, 3.05) is 24.2 Å². The number of benzene rings is 8. The SMILES string of the molecule is CC[C@H](C)C(CC(=O)CNC(=O)[C@H]1CC2(O)c3ccccc3NC2N1C(=O)OC(C)(C)C)C(=O)CCC(=O)NC(CSC(c1ccccc1)(c1ccccc1)c1ccccc1)C(=O)CC(CC(=O)NC(c1ccccc1)(c1ccccc1)c1ccccc1)C(=O)N1C[C@H](OC(C)(C)C)C[C@H]1C(=O)N[C@H](C(=O)OCc1ccccc1)[C@H](C)C(C)OC(C)=O. The van der Waals surface area contributed by atoms with Gasteiger partial charge in [-0.15, -0.1) is 11.8 Å². The fourth-order valence-corrected chi connectivity index (χ4v) is 18.4. The first kappa shape index (κ1) is 91.1. The zero-order valence-corrected chi connectivity index (χ0v) is 72.0. The van der Waals surface area contributed by atoms with Crippen molar-refractivity contribution in [3.8, 4) is 0 Å². The Morgan fingerprint density at radius 3 is 1.60 bits per heavy atom. The van der Waals surface area contributed by atoms with Gasteiger partial charge >= 0.3 is 18.0 Å². The van der Waals surface area contributed by atoms with E-state index in [1.165, 1.54) is 23.6 Å². The van der Waals surface area contributed by atoms with Crippen molar-refractivity contribution < 1.29 is 76.8 Å². The van der Waals surface area contributed by atoms with E-state index in [1.807, 2.05) is 223 Å². The molecule has 3 aliphatic rings. The lowest BCUT2D eigenvalue weighted by Gasteiger charge is -2.38. The molecule has 0 aromatic heterocycles. The summed E-state index contributed by atoms with van der Waals surface area (Å²) < 4.78 is 22.7. The van der Waals surface area contributed by atoms with Gasteiger partial charge in [0.1, 0.15) is 59.5 Å². The maximum absolute atomic E-state index is 16.7. The van der Waals surface area contributed by atoms with Crippen molar-refractivity contribution in [3.05, 3.63) is 281 Å². The van der Waals surface area contributed by atoms with Crippen LogP contribution in [0.15, 0.2) is 237 Å². The Hall–Kier alpha value is -11.6. The van der Waals surface area contributed by atoms with Gasteiger partial charge < -0.3 is 55.5 Å². The normalized spacial score (nSPS) is 18.6. The molecule has 642 valence electrons. The van der Waals surface area contributed by atoms with Gasteiger partial charge in [-0.05, 0) is 99.4 Å². The standard InChI is InChI=1S/C98H113N7O16S/c1-12-63(2)77(56-75(107)59-99-88(112)82-58-96(117)78-50-34-35-51-79(78)101-92(96)105(82)93(116)121-95(9,10)11)83(108)52-53-85(110)100-80(62-122-98(72-44-28-17-29-45-72,73-46-30-18-31-47-73)74-48-32-19-33-49-74)84(109)54-68(55-86(111)103-97(69-38-22-14-23-39-69,70-40-24-15-25-41-70)71-42-26-16-27-43-71)90(114)104-60-76(120-94(6,7)8)57-81(104)89(113)102-87(64(3)65(4)119-66(5)106)91(115)118-61-67-36-20-13-21-37-67/h13-51,63-65,68,76-77,80-82,87,92,101,117H,12,52-62H2,1-11H3,(H,99,112)(H,100,110)(H,102,113)(H,103,111)/t63-,64+,65?,68?,76+,77?,80?,81-,82+,87-,92?,96?/m0/s1. The monoisotopic (exact) mass is 1680 g/mol. The van der Waals surface area contributed by atoms with E-state index in [0.29, 0.717) is 39.9 Å². The molecule has 122 heavy (non-hydrogen) atoms. The maximum Gasteiger partial charge on any atom is 0.412 e. The number of likely N-dealkylation sites (tertiary alicyclic amines) is 2. The van der Waals surface area contributed by atoms with Gasteiger partial charge in [0.25, 0.3) is 0 Å². The van der Waals surface area contributed by atoms with Crippen LogP contribution in [0.25, 0.3) is 0 Å². The summed E-state index contributed by atoms with van der Waals surface area (Å²) in [6, 6.07) is 67.2. The molecule has 24 heteroatoms. The Bertz CT molecular complexity index is 4770. The molecule has 3 heterocycles. The van der Waals surface area contributed by atoms with Crippen molar-refractivity contribution >= 4 is 82.4 Å². The van der Waals surface area contributed by atoms with E-state index in [4.69, 9.17) is 18.9 Å². The first-order chi connectivity index (χ1) is 58.2. The molecule has 0 radical (unpaired) electrons. The molecule has 0 aliphatic carbocycles. The molecule has 3 aliphatic heterocycles. The van der Waals surface area contributed by atoms with E-state index in [2.05, 4.69) is 26.6 Å². The summed E-state index contributed by atoms with van der Waals surface area (Å²) in [5.41, 5.74) is 1.21. The molecule has 12 atom stereocenters. The number of nitrogens with zero attached hydrogens (tertiary/aromatic N) is 2. The summed E-state index contributed by atoms with van der Waals surface area (Å²) in [6.45, 7) is 17.7. The summed E-state index contributed by atoms with van der Waals surface area (Å²) in [5, 5.41) is 27.4. The highest BCUT2D eigenvalue weighted by Crippen LogP contribution is 2.51. The van der Waals surface area contributed by atoms with Crippen molar-refractivity contribution in [2.24, 2.45) is 23.7 Å². The average molecular weight is 1680 g/mol. The van der Waals surface area contributed by atoms with Crippen LogP contribution in [0.1, 0.15) is 172 Å². The third-order valence-electron chi connectivity index (χ3n) is 23.1. The minimum atomic E-state index is -1.69. The number of anilines is 1. The summed E-state index contributed by atoms with van der Waals surface area (Å²) in [5.74, 6) is -11.0. The molecule has 2 fully saturated rings. The fraction of sp³-hybridized carbons (Fsp3) is 0.398. The van der Waals surface area contributed by atoms with E-state index in [0.717, 1.165) is 21.6 Å². The quantitative estimate of drug-likeness (QED) is 0.0120. The first-order valence-electron chi connectivity index (χ1n) is 41.9. The average Bonchev–Trinajstić information content (AvgIpc) is 1.55. The number of para-hydroxylation sites is 1. The molecule has 0 bridgehead atoms. The number of ether oxygens (including phenoxy) is 4. The molecule has 6 N–H and O–H groups in total. The zero-order chi connectivity index (χ0) is 87.7. The van der Waals surface area contributed by atoms with Crippen LogP contribution in [0.3, 0.4) is 0 Å². The van der Waals surface area contributed by atoms with Gasteiger partial charge in [-0.3, -0.25) is 48.1 Å². The minimum absolute atomic E-state index is 0.116. The van der Waals surface area contributed by atoms with Crippen LogP contribution in [-0.2, 0) is 89.4 Å². The van der Waals surface area contributed by atoms with Crippen LogP contribution in [-0.4, -0.2) is 152 Å². The highest BCUT2D eigenvalue weighted by molar-refractivity contribution is 8.00. The highest BCUT2D eigenvalue weighted by Gasteiger charge is 2.61. The van der Waals surface area contributed by atoms with Crippen molar-refractivity contribution in [1.82, 2.24) is 31.1 Å². The third kappa shape index (κ3) is 22.0. The number of hydrogen-bond donors (Lipinski definition) is 6. The largest absolute Gasteiger partial charge is 0.462 e. The number of fused-ring (bicyclic) bond motifs is 3. The summed E-state index contributed by atoms with van der Waals surface area (Å²) in [6.07, 6.45) is -6.20. The second-order valence-corrected chi connectivity index (χ2v) is 35.3. The second kappa shape index (κ2) is 40.4. The van der Waals surface area contributed by atoms with Gasteiger partial charge in [-0.1, -0.05) is 258 Å². The highest BCUT2D eigenvalue weighted by atomic mass is 32.2. The molecule has 6 unspecified atom stereocenters. The van der Waals surface area contributed by atoms with Crippen LogP contribution in [0.5, 0.6) is 0 Å². The molecular weight excluding hydrogens is 1560 g/mol. The predicted molar refractivity (Wildman–Crippen MR) is 466 cm³/mol. The fourth-order valence-electron chi connectivity index (χ4n) is 16.8. The number of rotatable bonds is 37. The van der Waals surface area contributed by atoms with Crippen molar-refractivity contribution in [3.63, 3.8) is 0 Å². The zero-order valence-electron chi connectivity index (χ0n) is 71.2. The Morgan fingerprint density at radius 1 is 0.582 bits per heavy atom.